The number of carbonyl (C=O) groups is 1. The minimum atomic E-state index is -0.115. The van der Waals surface area contributed by atoms with Gasteiger partial charge in [-0.2, -0.15) is 0 Å². The van der Waals surface area contributed by atoms with Crippen molar-refractivity contribution in [3.63, 3.8) is 0 Å². The average Bonchev–Trinajstić information content (AvgIpc) is 2.86. The van der Waals surface area contributed by atoms with Crippen LogP contribution in [-0.2, 0) is 0 Å². The third-order valence-electron chi connectivity index (χ3n) is 2.96. The molecule has 0 bridgehead atoms. The Morgan fingerprint density at radius 3 is 3.06 bits per heavy atom. The number of piperidine rings is 1. The molecule has 1 aromatic rings. The average molecular weight is 291 g/mol. The summed E-state index contributed by atoms with van der Waals surface area (Å²) >= 11 is 1.50. The molecule has 2 N–H and O–H groups in total. The molecule has 0 aromatic carbocycles. The molecule has 1 fully saturated rings. The quantitative estimate of drug-likeness (QED) is 0.835. The van der Waals surface area contributed by atoms with Crippen molar-refractivity contribution in [1.82, 2.24) is 10.6 Å². The largest absolute Gasteiger partial charge is 0.445 e. The molecule has 1 aromatic heterocycles. The Balaban J connectivity index is 0.00000162. The summed E-state index contributed by atoms with van der Waals surface area (Å²) in [5, 5.41) is 7.03. The van der Waals surface area contributed by atoms with Crippen molar-refractivity contribution in [1.29, 1.82) is 0 Å². The van der Waals surface area contributed by atoms with Crippen LogP contribution < -0.4 is 10.6 Å². The van der Waals surface area contributed by atoms with E-state index in [0.717, 1.165) is 24.7 Å². The minimum absolute atomic E-state index is 0. The van der Waals surface area contributed by atoms with Crippen LogP contribution in [-0.4, -0.2) is 31.8 Å². The molecule has 18 heavy (non-hydrogen) atoms. The fourth-order valence-electron chi connectivity index (χ4n) is 1.97. The summed E-state index contributed by atoms with van der Waals surface area (Å²) in [6.07, 6.45) is 4.30. The second kappa shape index (κ2) is 7.71. The number of halogens is 1. The molecule has 102 valence electrons. The number of nitrogens with one attached hydrogen (secondary N) is 2. The van der Waals surface area contributed by atoms with E-state index in [1.165, 1.54) is 24.6 Å². The summed E-state index contributed by atoms with van der Waals surface area (Å²) in [5.41, 5.74) is 0. The maximum absolute atomic E-state index is 11.8. The van der Waals surface area contributed by atoms with Gasteiger partial charge in [0.05, 0.1) is 0 Å². The normalized spacial score (nSPS) is 19.1. The lowest BCUT2D eigenvalue weighted by atomic mass is 10.00. The molecule has 2 heterocycles. The Labute approximate surface area is 118 Å². The summed E-state index contributed by atoms with van der Waals surface area (Å²) in [5.74, 6) is 0.830. The van der Waals surface area contributed by atoms with Gasteiger partial charge in [-0.05, 0) is 50.2 Å². The predicted octanol–water partition coefficient (Wildman–Crippen LogP) is 2.15. The van der Waals surface area contributed by atoms with Crippen molar-refractivity contribution < 1.29 is 9.21 Å². The van der Waals surface area contributed by atoms with E-state index in [9.17, 15) is 4.79 Å². The van der Waals surface area contributed by atoms with Crippen LogP contribution in [0.4, 0.5) is 0 Å². The highest BCUT2D eigenvalue weighted by Crippen LogP contribution is 2.18. The summed E-state index contributed by atoms with van der Waals surface area (Å²) in [7, 11) is 0. The molecule has 0 saturated carbocycles. The van der Waals surface area contributed by atoms with Gasteiger partial charge in [0, 0.05) is 6.54 Å². The number of rotatable bonds is 4. The van der Waals surface area contributed by atoms with Crippen LogP contribution in [0.15, 0.2) is 21.6 Å². The van der Waals surface area contributed by atoms with E-state index < -0.39 is 0 Å². The maximum Gasteiger partial charge on any atom is 0.287 e. The van der Waals surface area contributed by atoms with E-state index in [4.69, 9.17) is 4.42 Å². The van der Waals surface area contributed by atoms with E-state index in [2.05, 4.69) is 10.6 Å². The minimum Gasteiger partial charge on any atom is -0.445 e. The second-order valence-electron chi connectivity index (χ2n) is 4.25. The van der Waals surface area contributed by atoms with E-state index >= 15 is 0 Å². The first-order valence-corrected chi connectivity index (χ1v) is 7.15. The maximum atomic E-state index is 11.8. The van der Waals surface area contributed by atoms with Gasteiger partial charge in [-0.1, -0.05) is 11.8 Å². The van der Waals surface area contributed by atoms with Crippen LogP contribution in [0.5, 0.6) is 0 Å². The van der Waals surface area contributed by atoms with Gasteiger partial charge in [0.15, 0.2) is 10.9 Å². The van der Waals surface area contributed by atoms with Crippen LogP contribution in [0.1, 0.15) is 23.4 Å². The van der Waals surface area contributed by atoms with Gasteiger partial charge in [0.1, 0.15) is 0 Å². The lowest BCUT2D eigenvalue weighted by molar-refractivity contribution is 0.0912. The summed E-state index contributed by atoms with van der Waals surface area (Å²) in [6, 6.07) is 3.54. The molecular weight excluding hydrogens is 272 g/mol. The van der Waals surface area contributed by atoms with Crippen molar-refractivity contribution in [2.75, 3.05) is 25.9 Å². The zero-order valence-corrected chi connectivity index (χ0v) is 12.0. The zero-order valence-electron chi connectivity index (χ0n) is 10.4. The SMILES string of the molecule is CSc1ccc(C(=O)NCC2CCCNC2)o1.Cl. The van der Waals surface area contributed by atoms with Crippen molar-refractivity contribution in [2.24, 2.45) is 5.92 Å². The fraction of sp³-hybridized carbons (Fsp3) is 0.583. The Hall–Kier alpha value is -0.650. The molecule has 1 amide bonds. The third-order valence-corrected chi connectivity index (χ3v) is 3.58. The molecule has 1 unspecified atom stereocenters. The van der Waals surface area contributed by atoms with Crippen molar-refractivity contribution in [3.05, 3.63) is 17.9 Å². The van der Waals surface area contributed by atoms with Crippen molar-refractivity contribution in [3.8, 4) is 0 Å². The molecule has 6 heteroatoms. The number of thioether (sulfide) groups is 1. The zero-order chi connectivity index (χ0) is 12.1. The van der Waals surface area contributed by atoms with Gasteiger partial charge < -0.3 is 15.1 Å². The van der Waals surface area contributed by atoms with Gasteiger partial charge in [0.2, 0.25) is 0 Å². The first-order chi connectivity index (χ1) is 8.29. The topological polar surface area (TPSA) is 54.3 Å². The Bertz CT molecular complexity index is 378. The van der Waals surface area contributed by atoms with Crippen LogP contribution in [0.25, 0.3) is 0 Å². The third kappa shape index (κ3) is 4.23. The number of amides is 1. The smallest absolute Gasteiger partial charge is 0.287 e. The van der Waals surface area contributed by atoms with Gasteiger partial charge >= 0.3 is 0 Å². The standard InChI is InChI=1S/C12H18N2O2S.ClH/c1-17-11-5-4-10(16-11)12(15)14-8-9-3-2-6-13-7-9;/h4-5,9,13H,2-3,6-8H2,1H3,(H,14,15);1H. The highest BCUT2D eigenvalue weighted by molar-refractivity contribution is 7.98. The lowest BCUT2D eigenvalue weighted by Gasteiger charge is -2.22. The number of carbonyl (C=O) groups excluding carboxylic acids is 1. The van der Waals surface area contributed by atoms with Crippen LogP contribution >= 0.6 is 24.2 Å². The summed E-state index contributed by atoms with van der Waals surface area (Å²) in [6.45, 7) is 2.81. The Kier molecular flexibility index (Phi) is 6.60. The molecule has 4 nitrogen and oxygen atoms in total. The molecule has 0 spiro atoms. The molecule has 2 rings (SSSR count). The van der Waals surface area contributed by atoms with Crippen molar-refractivity contribution in [2.45, 2.75) is 17.9 Å². The number of furan rings is 1. The van der Waals surface area contributed by atoms with Crippen molar-refractivity contribution >= 4 is 30.1 Å². The lowest BCUT2D eigenvalue weighted by Crippen LogP contribution is -2.38. The molecule has 1 aliphatic rings. The number of hydrogen-bond donors (Lipinski definition) is 2. The van der Waals surface area contributed by atoms with Gasteiger partial charge in [-0.25, -0.2) is 0 Å². The Morgan fingerprint density at radius 1 is 1.61 bits per heavy atom. The fourth-order valence-corrected chi connectivity index (χ4v) is 2.35. The second-order valence-corrected chi connectivity index (χ2v) is 5.06. The first-order valence-electron chi connectivity index (χ1n) is 5.92. The molecular formula is C12H19ClN2O2S. The predicted molar refractivity (Wildman–Crippen MR) is 75.7 cm³/mol. The molecule has 1 atom stereocenters. The van der Waals surface area contributed by atoms with Crippen LogP contribution in [0.3, 0.4) is 0 Å². The molecule has 1 saturated heterocycles. The summed E-state index contributed by atoms with van der Waals surface area (Å²) < 4.78 is 5.37. The molecule has 0 aliphatic carbocycles. The highest BCUT2D eigenvalue weighted by Gasteiger charge is 2.16. The van der Waals surface area contributed by atoms with E-state index in [0.29, 0.717) is 11.7 Å². The van der Waals surface area contributed by atoms with Gasteiger partial charge in [-0.15, -0.1) is 12.4 Å². The molecule has 1 aliphatic heterocycles. The van der Waals surface area contributed by atoms with Gasteiger partial charge in [0.25, 0.3) is 5.91 Å². The Morgan fingerprint density at radius 2 is 2.44 bits per heavy atom. The van der Waals surface area contributed by atoms with E-state index in [1.807, 2.05) is 12.3 Å². The molecule has 0 radical (unpaired) electrons. The number of hydrogen-bond acceptors (Lipinski definition) is 4. The van der Waals surface area contributed by atoms with Gasteiger partial charge in [-0.3, -0.25) is 4.79 Å². The van der Waals surface area contributed by atoms with Crippen LogP contribution in [0.2, 0.25) is 0 Å². The highest BCUT2D eigenvalue weighted by atomic mass is 35.5. The van der Waals surface area contributed by atoms with Crippen LogP contribution in [0, 0.1) is 5.92 Å². The van der Waals surface area contributed by atoms with E-state index in [1.54, 1.807) is 6.07 Å². The monoisotopic (exact) mass is 290 g/mol. The first kappa shape index (κ1) is 15.4. The summed E-state index contributed by atoms with van der Waals surface area (Å²) in [4.78, 5) is 11.8. The van der Waals surface area contributed by atoms with E-state index in [-0.39, 0.29) is 18.3 Å².